The van der Waals surface area contributed by atoms with Gasteiger partial charge in [0.2, 0.25) is 0 Å². The lowest BCUT2D eigenvalue weighted by Crippen LogP contribution is -2.32. The summed E-state index contributed by atoms with van der Waals surface area (Å²) in [5, 5.41) is 3.25. The Balaban J connectivity index is 1.63. The predicted molar refractivity (Wildman–Crippen MR) is 102 cm³/mol. The molecule has 0 aliphatic carbocycles. The minimum Gasteiger partial charge on any atom is -0.368 e. The van der Waals surface area contributed by atoms with Crippen LogP contribution in [0.4, 0.5) is 5.82 Å². The molecule has 0 spiro atoms. The van der Waals surface area contributed by atoms with Gasteiger partial charge in [0.15, 0.2) is 0 Å². The highest BCUT2D eigenvalue weighted by atomic mass is 16.2. The molecule has 1 amide bonds. The summed E-state index contributed by atoms with van der Waals surface area (Å²) < 4.78 is 0. The molecule has 0 bridgehead atoms. The van der Waals surface area contributed by atoms with Crippen LogP contribution in [0, 0.1) is 0 Å². The summed E-state index contributed by atoms with van der Waals surface area (Å²) in [6.07, 6.45) is 4.90. The van der Waals surface area contributed by atoms with Gasteiger partial charge >= 0.3 is 0 Å². The number of benzene rings is 1. The second kappa shape index (κ2) is 8.15. The monoisotopic (exact) mass is 337 g/mol. The summed E-state index contributed by atoms with van der Waals surface area (Å²) in [6, 6.07) is 14.7. The van der Waals surface area contributed by atoms with Gasteiger partial charge in [-0.3, -0.25) is 4.79 Å². The maximum atomic E-state index is 12.8. The molecule has 132 valence electrons. The second-order valence-electron chi connectivity index (χ2n) is 7.06. The van der Waals surface area contributed by atoms with E-state index in [-0.39, 0.29) is 5.91 Å². The molecule has 2 heterocycles. The third-order valence-corrected chi connectivity index (χ3v) is 4.73. The van der Waals surface area contributed by atoms with Crippen molar-refractivity contribution in [1.82, 2.24) is 9.88 Å². The van der Waals surface area contributed by atoms with Crippen LogP contribution in [0.15, 0.2) is 48.7 Å². The molecular weight excluding hydrogens is 310 g/mol. The van der Waals surface area contributed by atoms with Crippen LogP contribution in [-0.2, 0) is 0 Å². The summed E-state index contributed by atoms with van der Waals surface area (Å²) in [5.41, 5.74) is 2.06. The predicted octanol–water partition coefficient (Wildman–Crippen LogP) is 4.31. The Morgan fingerprint density at radius 1 is 1.12 bits per heavy atom. The molecule has 2 aromatic rings. The van der Waals surface area contributed by atoms with Gasteiger partial charge < -0.3 is 10.2 Å². The van der Waals surface area contributed by atoms with Crippen LogP contribution in [0.3, 0.4) is 0 Å². The van der Waals surface area contributed by atoms with Crippen molar-refractivity contribution in [3.05, 3.63) is 59.8 Å². The molecule has 0 unspecified atom stereocenters. The van der Waals surface area contributed by atoms with Gasteiger partial charge in [0.25, 0.3) is 5.91 Å². The molecule has 4 heteroatoms. The highest BCUT2D eigenvalue weighted by Crippen LogP contribution is 2.28. The fraction of sp³-hybridized carbons (Fsp3) is 0.429. The summed E-state index contributed by atoms with van der Waals surface area (Å²) in [4.78, 5) is 19.1. The van der Waals surface area contributed by atoms with E-state index in [0.717, 1.165) is 38.2 Å². The molecule has 25 heavy (non-hydrogen) atoms. The number of carbonyl (C=O) groups is 1. The largest absolute Gasteiger partial charge is 0.368 e. The number of aromatic nitrogens is 1. The zero-order valence-electron chi connectivity index (χ0n) is 15.1. The molecule has 4 nitrogen and oxygen atoms in total. The first-order valence-electron chi connectivity index (χ1n) is 9.20. The maximum absolute atomic E-state index is 12.8. The number of anilines is 1. The van der Waals surface area contributed by atoms with E-state index in [1.165, 1.54) is 5.56 Å². The van der Waals surface area contributed by atoms with E-state index in [9.17, 15) is 4.79 Å². The van der Waals surface area contributed by atoms with Crippen molar-refractivity contribution >= 4 is 11.7 Å². The summed E-state index contributed by atoms with van der Waals surface area (Å²) >= 11 is 0. The van der Waals surface area contributed by atoms with Gasteiger partial charge in [-0.1, -0.05) is 30.3 Å². The van der Waals surface area contributed by atoms with Crippen LogP contribution in [-0.4, -0.2) is 34.9 Å². The molecule has 1 atom stereocenters. The Labute approximate surface area is 150 Å². The quantitative estimate of drug-likeness (QED) is 0.904. The van der Waals surface area contributed by atoms with E-state index < -0.39 is 0 Å². The van der Waals surface area contributed by atoms with Gasteiger partial charge in [0.1, 0.15) is 5.82 Å². The van der Waals surface area contributed by atoms with E-state index in [1.807, 2.05) is 17.0 Å². The van der Waals surface area contributed by atoms with Crippen LogP contribution in [0.1, 0.15) is 54.9 Å². The molecule has 1 fully saturated rings. The Hall–Kier alpha value is -2.36. The van der Waals surface area contributed by atoms with E-state index in [2.05, 4.69) is 54.5 Å². The van der Waals surface area contributed by atoms with Crippen LogP contribution < -0.4 is 5.32 Å². The third kappa shape index (κ3) is 4.59. The summed E-state index contributed by atoms with van der Waals surface area (Å²) in [7, 11) is 0. The number of nitrogens with zero attached hydrogens (tertiary/aromatic N) is 2. The molecule has 1 aromatic heterocycles. The Kier molecular flexibility index (Phi) is 5.69. The van der Waals surface area contributed by atoms with E-state index in [0.29, 0.717) is 17.5 Å². The smallest absolute Gasteiger partial charge is 0.255 e. The zero-order chi connectivity index (χ0) is 17.6. The Morgan fingerprint density at radius 2 is 1.92 bits per heavy atom. The van der Waals surface area contributed by atoms with Crippen LogP contribution in [0.5, 0.6) is 0 Å². The van der Waals surface area contributed by atoms with Crippen molar-refractivity contribution in [1.29, 1.82) is 0 Å². The fourth-order valence-corrected chi connectivity index (χ4v) is 3.44. The molecule has 3 rings (SSSR count). The highest BCUT2D eigenvalue weighted by Gasteiger charge is 2.22. The molecular formula is C21H27N3O. The molecule has 1 saturated heterocycles. The average molecular weight is 337 g/mol. The molecule has 0 radical (unpaired) electrons. The minimum atomic E-state index is 0.0947. The number of hydrogen-bond acceptors (Lipinski definition) is 3. The maximum Gasteiger partial charge on any atom is 0.255 e. The van der Waals surface area contributed by atoms with Gasteiger partial charge in [-0.05, 0) is 56.7 Å². The molecule has 1 aliphatic rings. The van der Waals surface area contributed by atoms with Crippen molar-refractivity contribution in [2.24, 2.45) is 0 Å². The number of likely N-dealkylation sites (tertiary alicyclic amines) is 1. The normalized spacial score (nSPS) is 18.0. The number of carbonyl (C=O) groups excluding carboxylic acids is 1. The second-order valence-corrected chi connectivity index (χ2v) is 7.06. The highest BCUT2D eigenvalue weighted by molar-refractivity contribution is 5.94. The lowest BCUT2D eigenvalue weighted by atomic mass is 9.92. The Morgan fingerprint density at radius 3 is 2.60 bits per heavy atom. The first-order chi connectivity index (χ1) is 12.1. The molecule has 0 saturated carbocycles. The van der Waals surface area contributed by atoms with Gasteiger partial charge in [-0.25, -0.2) is 4.98 Å². The average Bonchev–Trinajstić information content (AvgIpc) is 2.88. The van der Waals surface area contributed by atoms with Gasteiger partial charge in [0.05, 0.1) is 5.56 Å². The number of amides is 1. The van der Waals surface area contributed by atoms with Crippen LogP contribution >= 0.6 is 0 Å². The number of rotatable bonds is 4. The van der Waals surface area contributed by atoms with E-state index >= 15 is 0 Å². The first-order valence-corrected chi connectivity index (χ1v) is 9.20. The SMILES string of the molecule is CC(C)Nc1ccc(C(=O)N2CCC[C@H](c3ccccc3)CC2)cn1. The lowest BCUT2D eigenvalue weighted by Gasteiger charge is -2.21. The van der Waals surface area contributed by atoms with Gasteiger partial charge in [0, 0.05) is 25.3 Å². The standard InChI is InChI=1S/C21H27N3O/c1-16(2)23-20-11-10-19(15-22-20)21(25)24-13-6-9-18(12-14-24)17-7-4-3-5-8-17/h3-5,7-8,10-11,15-16,18H,6,9,12-14H2,1-2H3,(H,22,23)/t18-/m0/s1. The summed E-state index contributed by atoms with van der Waals surface area (Å²) in [6.45, 7) is 5.78. The summed E-state index contributed by atoms with van der Waals surface area (Å²) in [5.74, 6) is 1.46. The molecule has 1 aliphatic heterocycles. The van der Waals surface area contributed by atoms with Gasteiger partial charge in [-0.2, -0.15) is 0 Å². The van der Waals surface area contributed by atoms with E-state index in [4.69, 9.17) is 0 Å². The van der Waals surface area contributed by atoms with Crippen molar-refractivity contribution in [2.75, 3.05) is 18.4 Å². The fourth-order valence-electron chi connectivity index (χ4n) is 3.44. The van der Waals surface area contributed by atoms with Crippen molar-refractivity contribution < 1.29 is 4.79 Å². The lowest BCUT2D eigenvalue weighted by molar-refractivity contribution is 0.0760. The number of hydrogen-bond donors (Lipinski definition) is 1. The van der Waals surface area contributed by atoms with Crippen molar-refractivity contribution in [3.8, 4) is 0 Å². The third-order valence-electron chi connectivity index (χ3n) is 4.73. The molecule has 1 N–H and O–H groups in total. The number of nitrogens with one attached hydrogen (secondary N) is 1. The van der Waals surface area contributed by atoms with Crippen LogP contribution in [0.2, 0.25) is 0 Å². The Bertz CT molecular complexity index is 682. The van der Waals surface area contributed by atoms with Crippen molar-refractivity contribution in [3.63, 3.8) is 0 Å². The van der Waals surface area contributed by atoms with Crippen LogP contribution in [0.25, 0.3) is 0 Å². The minimum absolute atomic E-state index is 0.0947. The van der Waals surface area contributed by atoms with E-state index in [1.54, 1.807) is 6.20 Å². The first kappa shape index (κ1) is 17.5. The molecule has 1 aromatic carbocycles. The zero-order valence-corrected chi connectivity index (χ0v) is 15.1. The van der Waals surface area contributed by atoms with Crippen molar-refractivity contribution in [2.45, 2.75) is 45.1 Å². The number of pyridine rings is 1. The van der Waals surface area contributed by atoms with Gasteiger partial charge in [-0.15, -0.1) is 0 Å². The topological polar surface area (TPSA) is 45.2 Å².